The maximum atomic E-state index is 12.2. The quantitative estimate of drug-likeness (QED) is 0.807. The number of carboxylic acids is 1. The van der Waals surface area contributed by atoms with Crippen LogP contribution in [0.3, 0.4) is 0 Å². The van der Waals surface area contributed by atoms with Crippen LogP contribution in [0.5, 0.6) is 0 Å². The average Bonchev–Trinajstić information content (AvgIpc) is 3.15. The number of rotatable bonds is 5. The standard InChI is InChI=1S/C20H23N3O5/c1-13(24)23-10-9-22(12-17(23)19(25)21-2)11-14-7-8-18(28-14)15-5-3-4-6-16(15)20(26)27/h3-8,17H,9-12H2,1-2H3,(H,21,25)(H,26,27)/t17-/m1/s1. The molecule has 3 rings (SSSR count). The van der Waals surface area contributed by atoms with Crippen LogP contribution in [0, 0.1) is 0 Å². The molecule has 28 heavy (non-hydrogen) atoms. The van der Waals surface area contributed by atoms with E-state index in [4.69, 9.17) is 4.42 Å². The molecular weight excluding hydrogens is 362 g/mol. The first kappa shape index (κ1) is 19.6. The number of hydrogen-bond donors (Lipinski definition) is 2. The molecule has 1 aromatic carbocycles. The Morgan fingerprint density at radius 1 is 1.18 bits per heavy atom. The number of nitrogens with zero attached hydrogens (tertiary/aromatic N) is 2. The van der Waals surface area contributed by atoms with Gasteiger partial charge in [0.25, 0.3) is 0 Å². The third-order valence-corrected chi connectivity index (χ3v) is 4.88. The molecular formula is C20H23N3O5. The second kappa shape index (κ2) is 8.26. The molecule has 2 heterocycles. The van der Waals surface area contributed by atoms with Crippen molar-refractivity contribution in [1.82, 2.24) is 15.1 Å². The SMILES string of the molecule is CNC(=O)[C@H]1CN(Cc2ccc(-c3ccccc3C(=O)O)o2)CCN1C(C)=O. The molecule has 2 N–H and O–H groups in total. The van der Waals surface area contributed by atoms with Crippen LogP contribution < -0.4 is 5.32 Å². The molecule has 1 saturated heterocycles. The molecule has 0 radical (unpaired) electrons. The van der Waals surface area contributed by atoms with Crippen molar-refractivity contribution >= 4 is 17.8 Å². The molecule has 0 saturated carbocycles. The van der Waals surface area contributed by atoms with E-state index >= 15 is 0 Å². The number of carboxylic acid groups (broad SMARTS) is 1. The van der Waals surface area contributed by atoms with Crippen LogP contribution in [-0.2, 0) is 16.1 Å². The molecule has 8 heteroatoms. The van der Waals surface area contributed by atoms with Gasteiger partial charge in [0.1, 0.15) is 17.6 Å². The van der Waals surface area contributed by atoms with E-state index in [1.165, 1.54) is 13.0 Å². The summed E-state index contributed by atoms with van der Waals surface area (Å²) in [6.07, 6.45) is 0. The fourth-order valence-electron chi connectivity index (χ4n) is 3.46. The summed E-state index contributed by atoms with van der Waals surface area (Å²) in [5.74, 6) is -0.183. The van der Waals surface area contributed by atoms with Gasteiger partial charge in [-0.2, -0.15) is 0 Å². The van der Waals surface area contributed by atoms with Gasteiger partial charge in [-0.3, -0.25) is 14.5 Å². The number of likely N-dealkylation sites (N-methyl/N-ethyl adjacent to an activating group) is 1. The first-order valence-electron chi connectivity index (χ1n) is 9.03. The highest BCUT2D eigenvalue weighted by Crippen LogP contribution is 2.27. The van der Waals surface area contributed by atoms with Gasteiger partial charge >= 0.3 is 5.97 Å². The average molecular weight is 385 g/mol. The van der Waals surface area contributed by atoms with Crippen LogP contribution >= 0.6 is 0 Å². The number of amides is 2. The van der Waals surface area contributed by atoms with Gasteiger partial charge in [-0.1, -0.05) is 18.2 Å². The molecule has 0 unspecified atom stereocenters. The minimum atomic E-state index is -1.01. The number of carbonyl (C=O) groups excluding carboxylic acids is 2. The highest BCUT2D eigenvalue weighted by molar-refractivity contribution is 5.95. The fourth-order valence-corrected chi connectivity index (χ4v) is 3.46. The van der Waals surface area contributed by atoms with Crippen molar-refractivity contribution in [2.45, 2.75) is 19.5 Å². The summed E-state index contributed by atoms with van der Waals surface area (Å²) in [6.45, 7) is 3.41. The molecule has 1 aromatic heterocycles. The first-order chi connectivity index (χ1) is 13.4. The van der Waals surface area contributed by atoms with Crippen LogP contribution in [0.4, 0.5) is 0 Å². The number of hydrogen-bond acceptors (Lipinski definition) is 5. The summed E-state index contributed by atoms with van der Waals surface area (Å²) in [5.41, 5.74) is 0.698. The monoisotopic (exact) mass is 385 g/mol. The summed E-state index contributed by atoms with van der Waals surface area (Å²) in [5, 5.41) is 12.0. The Bertz CT molecular complexity index is 891. The normalized spacial score (nSPS) is 17.4. The van der Waals surface area contributed by atoms with Gasteiger partial charge < -0.3 is 19.7 Å². The number of piperazine rings is 1. The topological polar surface area (TPSA) is 103 Å². The van der Waals surface area contributed by atoms with Gasteiger partial charge in [0.2, 0.25) is 11.8 Å². The zero-order chi connectivity index (χ0) is 20.3. The number of furan rings is 1. The lowest BCUT2D eigenvalue weighted by molar-refractivity contribution is -0.142. The molecule has 1 atom stereocenters. The first-order valence-corrected chi connectivity index (χ1v) is 9.03. The third-order valence-electron chi connectivity index (χ3n) is 4.88. The molecule has 2 amide bonds. The highest BCUT2D eigenvalue weighted by Gasteiger charge is 2.33. The van der Waals surface area contributed by atoms with Crippen molar-refractivity contribution in [1.29, 1.82) is 0 Å². The number of nitrogens with one attached hydrogen (secondary N) is 1. The molecule has 0 bridgehead atoms. The van der Waals surface area contributed by atoms with Crippen LogP contribution in [0.25, 0.3) is 11.3 Å². The molecule has 8 nitrogen and oxygen atoms in total. The minimum absolute atomic E-state index is 0.126. The molecule has 1 aliphatic heterocycles. The van der Waals surface area contributed by atoms with E-state index in [2.05, 4.69) is 5.32 Å². The largest absolute Gasteiger partial charge is 0.478 e. The summed E-state index contributed by atoms with van der Waals surface area (Å²) in [6, 6.07) is 9.69. The van der Waals surface area contributed by atoms with E-state index < -0.39 is 12.0 Å². The summed E-state index contributed by atoms with van der Waals surface area (Å²) >= 11 is 0. The van der Waals surface area contributed by atoms with E-state index in [0.29, 0.717) is 43.3 Å². The predicted octanol–water partition coefficient (Wildman–Crippen LogP) is 1.42. The summed E-state index contributed by atoms with van der Waals surface area (Å²) in [7, 11) is 1.55. The Balaban J connectivity index is 1.75. The summed E-state index contributed by atoms with van der Waals surface area (Å²) < 4.78 is 5.87. The zero-order valence-corrected chi connectivity index (χ0v) is 15.8. The predicted molar refractivity (Wildman–Crippen MR) is 102 cm³/mol. The van der Waals surface area contributed by atoms with Crippen molar-refractivity contribution in [3.63, 3.8) is 0 Å². The van der Waals surface area contributed by atoms with Gasteiger partial charge in [-0.25, -0.2) is 4.79 Å². The third kappa shape index (κ3) is 4.07. The Morgan fingerprint density at radius 3 is 2.61 bits per heavy atom. The second-order valence-electron chi connectivity index (χ2n) is 6.69. The Hall–Kier alpha value is -3.13. The fraction of sp³-hybridized carbons (Fsp3) is 0.350. The summed E-state index contributed by atoms with van der Waals surface area (Å²) in [4.78, 5) is 39.0. The van der Waals surface area contributed by atoms with E-state index in [1.807, 2.05) is 4.90 Å². The van der Waals surface area contributed by atoms with Crippen LogP contribution in [0.2, 0.25) is 0 Å². The number of carbonyl (C=O) groups is 3. The van der Waals surface area contributed by atoms with E-state index in [1.54, 1.807) is 42.3 Å². The Kier molecular flexibility index (Phi) is 5.79. The van der Waals surface area contributed by atoms with Gasteiger partial charge in [-0.05, 0) is 18.2 Å². The highest BCUT2D eigenvalue weighted by atomic mass is 16.4. The molecule has 1 fully saturated rings. The van der Waals surface area contributed by atoms with Gasteiger partial charge in [0.05, 0.1) is 12.1 Å². The maximum absolute atomic E-state index is 12.2. The molecule has 0 aliphatic carbocycles. The van der Waals surface area contributed by atoms with Gasteiger partial charge in [0.15, 0.2) is 0 Å². The lowest BCUT2D eigenvalue weighted by Gasteiger charge is -2.39. The lowest BCUT2D eigenvalue weighted by Crippen LogP contribution is -2.59. The van der Waals surface area contributed by atoms with E-state index in [0.717, 1.165) is 0 Å². The Morgan fingerprint density at radius 2 is 1.93 bits per heavy atom. The maximum Gasteiger partial charge on any atom is 0.336 e. The minimum Gasteiger partial charge on any atom is -0.478 e. The molecule has 0 spiro atoms. The van der Waals surface area contributed by atoms with Crippen molar-refractivity contribution in [3.8, 4) is 11.3 Å². The van der Waals surface area contributed by atoms with E-state index in [9.17, 15) is 19.5 Å². The van der Waals surface area contributed by atoms with Crippen molar-refractivity contribution in [3.05, 3.63) is 47.7 Å². The van der Waals surface area contributed by atoms with Crippen LogP contribution in [-0.4, -0.2) is 65.4 Å². The van der Waals surface area contributed by atoms with Crippen LogP contribution in [0.15, 0.2) is 40.8 Å². The van der Waals surface area contributed by atoms with Crippen molar-refractivity contribution < 1.29 is 23.9 Å². The smallest absolute Gasteiger partial charge is 0.336 e. The van der Waals surface area contributed by atoms with Gasteiger partial charge in [0, 0.05) is 39.2 Å². The van der Waals surface area contributed by atoms with Gasteiger partial charge in [-0.15, -0.1) is 0 Å². The zero-order valence-electron chi connectivity index (χ0n) is 15.8. The Labute approximate surface area is 162 Å². The van der Waals surface area contributed by atoms with Crippen molar-refractivity contribution in [2.24, 2.45) is 0 Å². The number of benzene rings is 1. The second-order valence-corrected chi connectivity index (χ2v) is 6.69. The van der Waals surface area contributed by atoms with E-state index in [-0.39, 0.29) is 17.4 Å². The number of aromatic carboxylic acids is 1. The molecule has 2 aromatic rings. The molecule has 148 valence electrons. The lowest BCUT2D eigenvalue weighted by atomic mass is 10.1. The van der Waals surface area contributed by atoms with Crippen LogP contribution in [0.1, 0.15) is 23.0 Å². The molecule has 1 aliphatic rings. The van der Waals surface area contributed by atoms with Crippen molar-refractivity contribution in [2.75, 3.05) is 26.7 Å².